The molecule has 0 atom stereocenters. The van der Waals surface area contributed by atoms with Crippen molar-refractivity contribution in [3.63, 3.8) is 0 Å². The number of amides is 1. The molecule has 0 bridgehead atoms. The number of hydrogen-bond acceptors (Lipinski definition) is 12. The number of esters is 4. The minimum Gasteiger partial charge on any atom is -0.466 e. The zero-order valence-corrected chi connectivity index (χ0v) is 29.1. The Morgan fingerprint density at radius 3 is 1.89 bits per heavy atom. The van der Waals surface area contributed by atoms with Crippen molar-refractivity contribution in [2.24, 2.45) is 5.92 Å². The van der Waals surface area contributed by atoms with Crippen LogP contribution < -0.4 is 4.90 Å². The van der Waals surface area contributed by atoms with Gasteiger partial charge in [0, 0.05) is 22.5 Å². The van der Waals surface area contributed by atoms with Crippen LogP contribution in [0.3, 0.4) is 0 Å². The zero-order chi connectivity index (χ0) is 33.4. The van der Waals surface area contributed by atoms with E-state index in [0.717, 1.165) is 54.5 Å². The highest BCUT2D eigenvalue weighted by atomic mass is 32.2. The molecule has 3 heterocycles. The van der Waals surface area contributed by atoms with Crippen LogP contribution in [0.25, 0.3) is 5.57 Å². The summed E-state index contributed by atoms with van der Waals surface area (Å²) in [7, 11) is 4.78. The third-order valence-corrected chi connectivity index (χ3v) is 13.4. The van der Waals surface area contributed by atoms with Gasteiger partial charge in [-0.2, -0.15) is 0 Å². The first-order chi connectivity index (χ1) is 22.0. The van der Waals surface area contributed by atoms with Gasteiger partial charge in [-0.1, -0.05) is 85.6 Å². The number of nitrogens with zero attached hydrogens (tertiary/aromatic N) is 1. The molecule has 5 rings (SSSR count). The fraction of sp³-hybridized carbons (Fsp3) is 0.485. The highest BCUT2D eigenvalue weighted by Crippen LogP contribution is 2.71. The van der Waals surface area contributed by atoms with Crippen molar-refractivity contribution in [1.82, 2.24) is 0 Å². The molecule has 0 N–H and O–H groups in total. The van der Waals surface area contributed by atoms with Gasteiger partial charge in [0.1, 0.15) is 18.8 Å². The van der Waals surface area contributed by atoms with E-state index < -0.39 is 33.5 Å². The topological polar surface area (TPSA) is 126 Å². The van der Waals surface area contributed by atoms with Crippen LogP contribution in [0.2, 0.25) is 0 Å². The van der Waals surface area contributed by atoms with Gasteiger partial charge in [-0.25, -0.2) is 19.2 Å². The Labute approximate surface area is 281 Å². The lowest BCUT2D eigenvalue weighted by Gasteiger charge is -2.50. The maximum atomic E-state index is 14.2. The normalized spacial score (nSPS) is 20.3. The summed E-state index contributed by atoms with van der Waals surface area (Å²) in [5.41, 5.74) is 0.697. The SMILES string of the molecule is COC(=O)C1=C(C(=O)OC)SC2(S1)C(C(=O)OC)=C(C(=O)OC)SC1=C2c2ccccc2N(C(=O)CCC2CCCCC2)C1(C)C. The van der Waals surface area contributed by atoms with E-state index in [4.69, 9.17) is 18.9 Å². The summed E-state index contributed by atoms with van der Waals surface area (Å²) in [5.74, 6) is -2.79. The van der Waals surface area contributed by atoms with Crippen LogP contribution in [0.15, 0.2) is 49.5 Å². The van der Waals surface area contributed by atoms with Gasteiger partial charge in [0.25, 0.3) is 0 Å². The van der Waals surface area contributed by atoms with Crippen LogP contribution in [-0.4, -0.2) is 67.8 Å². The number of para-hydroxylation sites is 1. The van der Waals surface area contributed by atoms with Crippen molar-refractivity contribution in [3.05, 3.63) is 55.0 Å². The van der Waals surface area contributed by atoms with Crippen LogP contribution in [0, 0.1) is 5.92 Å². The van der Waals surface area contributed by atoms with E-state index in [9.17, 15) is 24.0 Å². The number of anilines is 1. The van der Waals surface area contributed by atoms with Crippen LogP contribution in [0.5, 0.6) is 0 Å². The third kappa shape index (κ3) is 5.68. The van der Waals surface area contributed by atoms with E-state index in [1.54, 1.807) is 4.90 Å². The molecule has 1 aromatic carbocycles. The number of carbonyl (C=O) groups excluding carboxylic acids is 5. The number of rotatable bonds is 7. The second-order valence-electron chi connectivity index (χ2n) is 11.8. The Kier molecular flexibility index (Phi) is 10.0. The van der Waals surface area contributed by atoms with Crippen LogP contribution >= 0.6 is 35.3 Å². The lowest BCUT2D eigenvalue weighted by Crippen LogP contribution is -2.53. The summed E-state index contributed by atoms with van der Waals surface area (Å²) >= 11 is 2.88. The van der Waals surface area contributed by atoms with Gasteiger partial charge in [0.2, 0.25) is 5.91 Å². The van der Waals surface area contributed by atoms with Gasteiger partial charge < -0.3 is 23.8 Å². The summed E-state index contributed by atoms with van der Waals surface area (Å²) < 4.78 is 18.9. The molecule has 13 heteroatoms. The predicted molar refractivity (Wildman–Crippen MR) is 178 cm³/mol. The molecule has 0 aromatic heterocycles. The summed E-state index contributed by atoms with van der Waals surface area (Å²) in [4.78, 5) is 69.9. The summed E-state index contributed by atoms with van der Waals surface area (Å²) in [6.45, 7) is 3.80. The molecular formula is C33H37NO9S3. The number of hydrogen-bond donors (Lipinski definition) is 0. The molecule has 3 aliphatic heterocycles. The second-order valence-corrected chi connectivity index (χ2v) is 15.5. The molecule has 0 saturated heterocycles. The Morgan fingerprint density at radius 1 is 0.783 bits per heavy atom. The van der Waals surface area contributed by atoms with Gasteiger partial charge in [0.15, 0.2) is 0 Å². The average molecular weight is 688 g/mol. The van der Waals surface area contributed by atoms with E-state index in [0.29, 0.717) is 34.1 Å². The van der Waals surface area contributed by atoms with Gasteiger partial charge >= 0.3 is 23.9 Å². The zero-order valence-electron chi connectivity index (χ0n) is 26.7. The Balaban J connectivity index is 1.74. The van der Waals surface area contributed by atoms with Crippen LogP contribution in [0.1, 0.15) is 64.4 Å². The average Bonchev–Trinajstić information content (AvgIpc) is 3.46. The van der Waals surface area contributed by atoms with Crippen LogP contribution in [-0.2, 0) is 42.9 Å². The van der Waals surface area contributed by atoms with Gasteiger partial charge in [0.05, 0.1) is 45.2 Å². The molecule has 0 radical (unpaired) electrons. The van der Waals surface area contributed by atoms with Gasteiger partial charge in [-0.15, -0.1) is 0 Å². The molecule has 1 fully saturated rings. The van der Waals surface area contributed by atoms with Crippen molar-refractivity contribution in [3.8, 4) is 0 Å². The van der Waals surface area contributed by atoms with E-state index in [2.05, 4.69) is 0 Å². The Bertz CT molecular complexity index is 1560. The number of thioether (sulfide) groups is 3. The molecule has 1 aliphatic carbocycles. The minimum atomic E-state index is -1.59. The van der Waals surface area contributed by atoms with Gasteiger partial charge in [-0.05, 0) is 32.3 Å². The van der Waals surface area contributed by atoms with Crippen molar-refractivity contribution in [1.29, 1.82) is 0 Å². The fourth-order valence-corrected chi connectivity index (χ4v) is 11.7. The molecule has 46 heavy (non-hydrogen) atoms. The van der Waals surface area contributed by atoms with Crippen LogP contribution in [0.4, 0.5) is 5.69 Å². The number of carbonyl (C=O) groups is 5. The predicted octanol–water partition coefficient (Wildman–Crippen LogP) is 5.96. The first-order valence-corrected chi connectivity index (χ1v) is 17.5. The Morgan fingerprint density at radius 2 is 1.33 bits per heavy atom. The van der Waals surface area contributed by atoms with Crippen molar-refractivity contribution >= 4 is 76.3 Å². The molecule has 0 unspecified atom stereocenters. The van der Waals surface area contributed by atoms with E-state index in [1.807, 2.05) is 38.1 Å². The first-order valence-electron chi connectivity index (χ1n) is 15.0. The van der Waals surface area contributed by atoms with E-state index in [-0.39, 0.29) is 26.2 Å². The molecule has 1 spiro atoms. The first kappa shape index (κ1) is 34.2. The maximum absolute atomic E-state index is 14.2. The monoisotopic (exact) mass is 687 g/mol. The van der Waals surface area contributed by atoms with Crippen molar-refractivity contribution in [2.75, 3.05) is 33.3 Å². The standard InChI is InChI=1S/C33H37NO9S3/c1-32(2)27-22(19-14-10-11-15-20(19)34(32)21(35)17-16-18-12-8-7-9-13-18)33(23(28(36)40-3)24(44-27)29(37)41-4)45-25(30(38)42-5)26(46-33)31(39)43-6/h10-11,14-15,18H,7-9,12-13,16-17H2,1-6H3. The highest BCUT2D eigenvalue weighted by molar-refractivity contribution is 8.26. The lowest BCUT2D eigenvalue weighted by atomic mass is 9.82. The quantitative estimate of drug-likeness (QED) is 0.248. The van der Waals surface area contributed by atoms with E-state index in [1.165, 1.54) is 47.7 Å². The second kappa shape index (κ2) is 13.5. The lowest BCUT2D eigenvalue weighted by molar-refractivity contribution is -0.138. The summed E-state index contributed by atoms with van der Waals surface area (Å²) in [6.07, 6.45) is 6.99. The number of benzene rings is 1. The molecule has 1 aromatic rings. The van der Waals surface area contributed by atoms with Gasteiger partial charge in [-0.3, -0.25) is 4.79 Å². The maximum Gasteiger partial charge on any atom is 0.345 e. The molecule has 1 saturated carbocycles. The summed E-state index contributed by atoms with van der Waals surface area (Å²) in [5, 5.41) is 0. The number of ether oxygens (including phenoxy) is 4. The largest absolute Gasteiger partial charge is 0.466 e. The summed E-state index contributed by atoms with van der Waals surface area (Å²) in [6, 6.07) is 7.36. The third-order valence-electron chi connectivity index (χ3n) is 8.79. The number of methoxy groups -OCH3 is 4. The molecular weight excluding hydrogens is 651 g/mol. The molecule has 246 valence electrons. The van der Waals surface area contributed by atoms with Crippen molar-refractivity contribution < 1.29 is 42.9 Å². The molecule has 1 amide bonds. The minimum absolute atomic E-state index is 0.0538. The highest BCUT2D eigenvalue weighted by Gasteiger charge is 2.61. The van der Waals surface area contributed by atoms with Crippen molar-refractivity contribution in [2.45, 2.75) is 68.4 Å². The Hall–Kier alpha value is -3.16. The number of fused-ring (bicyclic) bond motifs is 3. The molecule has 10 nitrogen and oxygen atoms in total. The van der Waals surface area contributed by atoms with E-state index >= 15 is 0 Å². The fourth-order valence-electron chi connectivity index (χ4n) is 6.63. The smallest absolute Gasteiger partial charge is 0.345 e. The molecule has 4 aliphatic rings.